The third-order valence-corrected chi connectivity index (χ3v) is 4.10. The van der Waals surface area contributed by atoms with Crippen molar-refractivity contribution in [2.24, 2.45) is 0 Å². The molecule has 0 amide bonds. The minimum absolute atomic E-state index is 0.00994. The number of thioether (sulfide) groups is 1. The predicted molar refractivity (Wildman–Crippen MR) is 77.0 cm³/mol. The van der Waals surface area contributed by atoms with Gasteiger partial charge in [-0.2, -0.15) is 0 Å². The number of rotatable bonds is 5. The summed E-state index contributed by atoms with van der Waals surface area (Å²) in [5, 5.41) is 0. The highest BCUT2D eigenvalue weighted by Crippen LogP contribution is 2.22. The van der Waals surface area contributed by atoms with Crippen LogP contribution in [0.5, 0.6) is 0 Å². The molecule has 0 saturated heterocycles. The van der Waals surface area contributed by atoms with Crippen molar-refractivity contribution in [1.29, 1.82) is 0 Å². The number of aryl methyl sites for hydroxylation is 1. The fourth-order valence-electron chi connectivity index (χ4n) is 1.80. The number of halogens is 2. The smallest absolute Gasteiger partial charge is 0.159 e. The van der Waals surface area contributed by atoms with Crippen LogP contribution in [0, 0.1) is 18.6 Å². The first-order valence-electron chi connectivity index (χ1n) is 6.20. The van der Waals surface area contributed by atoms with Gasteiger partial charge in [0, 0.05) is 11.3 Å². The van der Waals surface area contributed by atoms with E-state index < -0.39 is 11.6 Å². The van der Waals surface area contributed by atoms with E-state index in [1.807, 2.05) is 31.2 Å². The molecule has 0 bridgehead atoms. The van der Waals surface area contributed by atoms with Crippen molar-refractivity contribution >= 4 is 17.5 Å². The first kappa shape index (κ1) is 14.7. The topological polar surface area (TPSA) is 17.1 Å². The highest BCUT2D eigenvalue weighted by molar-refractivity contribution is 8.00. The number of carbonyl (C=O) groups excluding carboxylic acids is 1. The second kappa shape index (κ2) is 6.66. The molecule has 0 saturated carbocycles. The van der Waals surface area contributed by atoms with Crippen LogP contribution in [-0.2, 0) is 11.2 Å². The third-order valence-electron chi connectivity index (χ3n) is 2.87. The van der Waals surface area contributed by atoms with E-state index >= 15 is 0 Å². The summed E-state index contributed by atoms with van der Waals surface area (Å²) in [6, 6.07) is 11.4. The van der Waals surface area contributed by atoms with Crippen molar-refractivity contribution in [3.63, 3.8) is 0 Å². The summed E-state index contributed by atoms with van der Waals surface area (Å²) < 4.78 is 25.8. The molecular weight excluding hydrogens is 278 g/mol. The van der Waals surface area contributed by atoms with Crippen molar-refractivity contribution in [2.75, 3.05) is 5.75 Å². The van der Waals surface area contributed by atoms with Crippen molar-refractivity contribution < 1.29 is 13.6 Å². The Balaban J connectivity index is 1.93. The minimum Gasteiger partial charge on any atom is -0.298 e. The number of hydrogen-bond donors (Lipinski definition) is 0. The standard InChI is InChI=1S/C16H14F2OS/c1-11-4-2-3-5-16(11)20-10-13(19)8-12-6-7-14(17)15(18)9-12/h2-7,9H,8,10H2,1H3. The Morgan fingerprint density at radius 3 is 2.55 bits per heavy atom. The molecule has 4 heteroatoms. The van der Waals surface area contributed by atoms with Crippen LogP contribution < -0.4 is 0 Å². The van der Waals surface area contributed by atoms with Gasteiger partial charge in [0.25, 0.3) is 0 Å². The average Bonchev–Trinajstić information content (AvgIpc) is 2.42. The number of Topliss-reactive ketones (excluding diaryl/α,β-unsaturated/α-hetero) is 1. The third kappa shape index (κ3) is 3.90. The van der Waals surface area contributed by atoms with Crippen molar-refractivity contribution in [3.05, 3.63) is 65.2 Å². The highest BCUT2D eigenvalue weighted by atomic mass is 32.2. The van der Waals surface area contributed by atoms with Gasteiger partial charge in [0.1, 0.15) is 5.78 Å². The fraction of sp³-hybridized carbons (Fsp3) is 0.188. The molecule has 0 aliphatic rings. The molecule has 0 unspecified atom stereocenters. The minimum atomic E-state index is -0.915. The van der Waals surface area contributed by atoms with Crippen LogP contribution in [0.15, 0.2) is 47.4 Å². The Bertz CT molecular complexity index is 626. The number of benzene rings is 2. The summed E-state index contributed by atoms with van der Waals surface area (Å²) in [6.07, 6.45) is 0.121. The van der Waals surface area contributed by atoms with Crippen molar-refractivity contribution in [3.8, 4) is 0 Å². The quantitative estimate of drug-likeness (QED) is 0.769. The lowest BCUT2D eigenvalue weighted by Crippen LogP contribution is -2.06. The van der Waals surface area contributed by atoms with Crippen LogP contribution in [0.1, 0.15) is 11.1 Å². The van der Waals surface area contributed by atoms with E-state index in [4.69, 9.17) is 0 Å². The van der Waals surface area contributed by atoms with Gasteiger partial charge in [-0.25, -0.2) is 8.78 Å². The van der Waals surface area contributed by atoms with Crippen LogP contribution in [0.4, 0.5) is 8.78 Å². The molecule has 0 aromatic heterocycles. The molecule has 1 nitrogen and oxygen atoms in total. The lowest BCUT2D eigenvalue weighted by molar-refractivity contribution is -0.116. The number of carbonyl (C=O) groups is 1. The monoisotopic (exact) mass is 292 g/mol. The molecule has 0 N–H and O–H groups in total. The summed E-state index contributed by atoms with van der Waals surface area (Å²) >= 11 is 1.46. The normalized spacial score (nSPS) is 10.6. The molecule has 0 spiro atoms. The van der Waals surface area contributed by atoms with Gasteiger partial charge >= 0.3 is 0 Å². The Labute approximate surface area is 121 Å². The molecule has 0 heterocycles. The summed E-state index contributed by atoms with van der Waals surface area (Å²) in [5.41, 5.74) is 1.62. The molecule has 0 atom stereocenters. The zero-order valence-corrected chi connectivity index (χ0v) is 11.8. The Hall–Kier alpha value is -1.68. The molecule has 2 aromatic carbocycles. The molecule has 2 rings (SSSR count). The summed E-state index contributed by atoms with van der Waals surface area (Å²) in [7, 11) is 0. The average molecular weight is 292 g/mol. The van der Waals surface area contributed by atoms with Gasteiger partial charge < -0.3 is 0 Å². The molecule has 0 aliphatic heterocycles. The van der Waals surface area contributed by atoms with E-state index in [0.717, 1.165) is 22.6 Å². The van der Waals surface area contributed by atoms with Crippen LogP contribution in [-0.4, -0.2) is 11.5 Å². The van der Waals surface area contributed by atoms with E-state index in [1.165, 1.54) is 17.8 Å². The summed E-state index contributed by atoms with van der Waals surface area (Å²) in [5.74, 6) is -1.49. The highest BCUT2D eigenvalue weighted by Gasteiger charge is 2.08. The zero-order valence-electron chi connectivity index (χ0n) is 11.0. The Kier molecular flexibility index (Phi) is 4.90. The van der Waals surface area contributed by atoms with Gasteiger partial charge in [0.2, 0.25) is 0 Å². The Morgan fingerprint density at radius 2 is 1.85 bits per heavy atom. The lowest BCUT2D eigenvalue weighted by atomic mass is 10.1. The molecule has 104 valence electrons. The van der Waals surface area contributed by atoms with Crippen molar-refractivity contribution in [1.82, 2.24) is 0 Å². The van der Waals surface area contributed by atoms with E-state index in [1.54, 1.807) is 0 Å². The lowest BCUT2D eigenvalue weighted by Gasteiger charge is -2.05. The van der Waals surface area contributed by atoms with E-state index in [-0.39, 0.29) is 12.2 Å². The second-order valence-electron chi connectivity index (χ2n) is 4.52. The van der Waals surface area contributed by atoms with Crippen LogP contribution in [0.25, 0.3) is 0 Å². The second-order valence-corrected chi connectivity index (χ2v) is 5.54. The molecule has 20 heavy (non-hydrogen) atoms. The van der Waals surface area contributed by atoms with Gasteiger partial charge in [-0.05, 0) is 36.2 Å². The Morgan fingerprint density at radius 1 is 1.10 bits per heavy atom. The molecule has 0 fully saturated rings. The summed E-state index contributed by atoms with van der Waals surface area (Å²) in [6.45, 7) is 1.99. The van der Waals surface area contributed by atoms with Crippen LogP contribution >= 0.6 is 11.8 Å². The van der Waals surface area contributed by atoms with E-state index in [0.29, 0.717) is 11.3 Å². The van der Waals surface area contributed by atoms with Crippen LogP contribution in [0.3, 0.4) is 0 Å². The molecular formula is C16H14F2OS. The largest absolute Gasteiger partial charge is 0.298 e. The van der Waals surface area contributed by atoms with E-state index in [2.05, 4.69) is 0 Å². The molecule has 0 radical (unpaired) electrons. The van der Waals surface area contributed by atoms with Crippen molar-refractivity contribution in [2.45, 2.75) is 18.2 Å². The van der Waals surface area contributed by atoms with Gasteiger partial charge in [-0.3, -0.25) is 4.79 Å². The van der Waals surface area contributed by atoms with Gasteiger partial charge in [-0.15, -0.1) is 11.8 Å². The maximum atomic E-state index is 13.0. The van der Waals surface area contributed by atoms with Gasteiger partial charge in [0.05, 0.1) is 5.75 Å². The maximum absolute atomic E-state index is 13.0. The number of hydrogen-bond acceptors (Lipinski definition) is 2. The number of ketones is 1. The van der Waals surface area contributed by atoms with E-state index in [9.17, 15) is 13.6 Å². The van der Waals surface area contributed by atoms with Gasteiger partial charge in [0.15, 0.2) is 11.6 Å². The van der Waals surface area contributed by atoms with Crippen LogP contribution in [0.2, 0.25) is 0 Å². The molecule has 2 aromatic rings. The zero-order chi connectivity index (χ0) is 14.5. The van der Waals surface area contributed by atoms with Gasteiger partial charge in [-0.1, -0.05) is 24.3 Å². The first-order chi connectivity index (χ1) is 9.56. The summed E-state index contributed by atoms with van der Waals surface area (Å²) in [4.78, 5) is 12.9. The maximum Gasteiger partial charge on any atom is 0.159 e. The fourth-order valence-corrected chi connectivity index (χ4v) is 2.69. The predicted octanol–water partition coefficient (Wildman–Crippen LogP) is 4.18. The SMILES string of the molecule is Cc1ccccc1SCC(=O)Cc1ccc(F)c(F)c1. The first-order valence-corrected chi connectivity index (χ1v) is 7.19. The molecule has 0 aliphatic carbocycles.